The van der Waals surface area contributed by atoms with E-state index in [1.165, 1.54) is 16.9 Å². The lowest BCUT2D eigenvalue weighted by Crippen LogP contribution is -2.19. The maximum atomic E-state index is 3.49. The Morgan fingerprint density at radius 1 is 1.19 bits per heavy atom. The molecule has 0 aliphatic rings. The predicted octanol–water partition coefficient (Wildman–Crippen LogP) is 3.72. The van der Waals surface area contributed by atoms with Gasteiger partial charge in [0.05, 0.1) is 0 Å². The van der Waals surface area contributed by atoms with Gasteiger partial charge in [0.25, 0.3) is 0 Å². The van der Waals surface area contributed by atoms with Crippen LogP contribution in [0.4, 0.5) is 0 Å². The zero-order valence-electron chi connectivity index (χ0n) is 10.6. The molecule has 1 aromatic carbocycles. The van der Waals surface area contributed by atoms with Gasteiger partial charge in [0.15, 0.2) is 0 Å². The average molecular weight is 237 g/mol. The molecule has 1 N–H and O–H groups in total. The van der Waals surface area contributed by atoms with E-state index in [-0.39, 0.29) is 0 Å². The molecule has 0 aliphatic carbocycles. The first-order valence-electron chi connectivity index (χ1n) is 6.09. The molecule has 1 aromatic rings. The third-order valence-electron chi connectivity index (χ3n) is 2.53. The van der Waals surface area contributed by atoms with Crippen LogP contribution in [0.25, 0.3) is 0 Å². The predicted molar refractivity (Wildman–Crippen MR) is 74.2 cm³/mol. The van der Waals surface area contributed by atoms with E-state index in [0.29, 0.717) is 0 Å². The molecular formula is C14H23NS. The Balaban J connectivity index is 2.10. The van der Waals surface area contributed by atoms with Gasteiger partial charge in [0, 0.05) is 17.2 Å². The van der Waals surface area contributed by atoms with E-state index in [0.717, 1.165) is 24.8 Å². The highest BCUT2D eigenvalue weighted by molar-refractivity contribution is 7.99. The Morgan fingerprint density at radius 2 is 1.94 bits per heavy atom. The Bertz CT molecular complexity index is 297. The van der Waals surface area contributed by atoms with Crippen LogP contribution in [0, 0.1) is 12.8 Å². The van der Waals surface area contributed by atoms with Crippen molar-refractivity contribution in [1.82, 2.24) is 5.32 Å². The second-order valence-corrected chi connectivity index (χ2v) is 5.68. The van der Waals surface area contributed by atoms with Crippen LogP contribution in [0.5, 0.6) is 0 Å². The number of nitrogens with one attached hydrogen (secondary N) is 1. The molecule has 1 rings (SSSR count). The van der Waals surface area contributed by atoms with Crippen molar-refractivity contribution in [1.29, 1.82) is 0 Å². The molecule has 0 bridgehead atoms. The number of hydrogen-bond donors (Lipinski definition) is 1. The highest BCUT2D eigenvalue weighted by atomic mass is 32.2. The zero-order valence-corrected chi connectivity index (χ0v) is 11.4. The molecule has 0 aromatic heterocycles. The Labute approximate surface area is 104 Å². The lowest BCUT2D eigenvalue weighted by Gasteiger charge is -2.07. The molecular weight excluding hydrogens is 214 g/mol. The van der Waals surface area contributed by atoms with Crippen molar-refractivity contribution in [2.75, 3.05) is 18.8 Å². The van der Waals surface area contributed by atoms with Gasteiger partial charge in [-0.3, -0.25) is 0 Å². The normalized spacial score (nSPS) is 11.0. The van der Waals surface area contributed by atoms with Gasteiger partial charge in [-0.15, -0.1) is 11.8 Å². The summed E-state index contributed by atoms with van der Waals surface area (Å²) in [5, 5.41) is 3.49. The van der Waals surface area contributed by atoms with Gasteiger partial charge in [-0.25, -0.2) is 0 Å². The second kappa shape index (κ2) is 7.75. The smallest absolute Gasteiger partial charge is 0.0106 e. The van der Waals surface area contributed by atoms with E-state index in [1.807, 2.05) is 11.8 Å². The number of aryl methyl sites for hydroxylation is 1. The maximum Gasteiger partial charge on any atom is 0.0106 e. The van der Waals surface area contributed by atoms with E-state index in [9.17, 15) is 0 Å². The Morgan fingerprint density at radius 3 is 2.62 bits per heavy atom. The molecule has 0 saturated carbocycles. The number of benzene rings is 1. The number of rotatable bonds is 7. The highest BCUT2D eigenvalue weighted by Crippen LogP contribution is 2.20. The van der Waals surface area contributed by atoms with Gasteiger partial charge in [-0.05, 0) is 37.4 Å². The van der Waals surface area contributed by atoms with Crippen molar-refractivity contribution < 1.29 is 0 Å². The first-order valence-corrected chi connectivity index (χ1v) is 7.08. The van der Waals surface area contributed by atoms with Crippen molar-refractivity contribution >= 4 is 11.8 Å². The summed E-state index contributed by atoms with van der Waals surface area (Å²) in [6, 6.07) is 8.59. The van der Waals surface area contributed by atoms with Gasteiger partial charge >= 0.3 is 0 Å². The van der Waals surface area contributed by atoms with Crippen molar-refractivity contribution in [3.63, 3.8) is 0 Å². The summed E-state index contributed by atoms with van der Waals surface area (Å²) in [6.45, 7) is 8.96. The SMILES string of the molecule is Cc1ccccc1SCCNCCC(C)C. The van der Waals surface area contributed by atoms with Crippen LogP contribution in [0.15, 0.2) is 29.2 Å². The van der Waals surface area contributed by atoms with Crippen molar-refractivity contribution in [2.45, 2.75) is 32.1 Å². The molecule has 0 aliphatic heterocycles. The largest absolute Gasteiger partial charge is 0.316 e. The van der Waals surface area contributed by atoms with Gasteiger partial charge in [-0.2, -0.15) is 0 Å². The minimum absolute atomic E-state index is 0.802. The highest BCUT2D eigenvalue weighted by Gasteiger charge is 1.97. The fourth-order valence-corrected chi connectivity index (χ4v) is 2.40. The van der Waals surface area contributed by atoms with E-state index in [2.05, 4.69) is 50.4 Å². The summed E-state index contributed by atoms with van der Waals surface area (Å²) in [5.41, 5.74) is 1.38. The molecule has 2 heteroatoms. The first kappa shape index (κ1) is 13.6. The summed E-state index contributed by atoms with van der Waals surface area (Å²) < 4.78 is 0. The van der Waals surface area contributed by atoms with Crippen molar-refractivity contribution in [2.24, 2.45) is 5.92 Å². The number of hydrogen-bond acceptors (Lipinski definition) is 2. The summed E-state index contributed by atoms with van der Waals surface area (Å²) in [4.78, 5) is 1.41. The molecule has 0 atom stereocenters. The summed E-state index contributed by atoms with van der Waals surface area (Å²) in [7, 11) is 0. The van der Waals surface area contributed by atoms with E-state index >= 15 is 0 Å². The van der Waals surface area contributed by atoms with Crippen LogP contribution in [-0.4, -0.2) is 18.8 Å². The molecule has 0 heterocycles. The van der Waals surface area contributed by atoms with E-state index in [4.69, 9.17) is 0 Å². The fraction of sp³-hybridized carbons (Fsp3) is 0.571. The topological polar surface area (TPSA) is 12.0 Å². The molecule has 16 heavy (non-hydrogen) atoms. The van der Waals surface area contributed by atoms with Gasteiger partial charge in [0.1, 0.15) is 0 Å². The third-order valence-corrected chi connectivity index (χ3v) is 3.71. The maximum absolute atomic E-state index is 3.49. The second-order valence-electron chi connectivity index (χ2n) is 4.55. The molecule has 0 fully saturated rings. The van der Waals surface area contributed by atoms with Crippen LogP contribution in [0.1, 0.15) is 25.8 Å². The molecule has 0 amide bonds. The molecule has 0 radical (unpaired) electrons. The van der Waals surface area contributed by atoms with Crippen molar-refractivity contribution in [3.05, 3.63) is 29.8 Å². The van der Waals surface area contributed by atoms with E-state index < -0.39 is 0 Å². The number of thioether (sulfide) groups is 1. The van der Waals surface area contributed by atoms with Crippen LogP contribution in [-0.2, 0) is 0 Å². The minimum Gasteiger partial charge on any atom is -0.316 e. The van der Waals surface area contributed by atoms with Crippen LogP contribution in [0.3, 0.4) is 0 Å². The lowest BCUT2D eigenvalue weighted by molar-refractivity contribution is 0.547. The monoisotopic (exact) mass is 237 g/mol. The van der Waals surface area contributed by atoms with E-state index in [1.54, 1.807) is 0 Å². The molecule has 0 unspecified atom stereocenters. The minimum atomic E-state index is 0.802. The standard InChI is InChI=1S/C14H23NS/c1-12(2)8-9-15-10-11-16-14-7-5-4-6-13(14)3/h4-7,12,15H,8-11H2,1-3H3. The van der Waals surface area contributed by atoms with Crippen LogP contribution < -0.4 is 5.32 Å². The molecule has 0 saturated heterocycles. The Hall–Kier alpha value is -0.470. The van der Waals surface area contributed by atoms with Crippen molar-refractivity contribution in [3.8, 4) is 0 Å². The van der Waals surface area contributed by atoms with Crippen LogP contribution >= 0.6 is 11.8 Å². The lowest BCUT2D eigenvalue weighted by atomic mass is 10.1. The molecule has 0 spiro atoms. The molecule has 1 nitrogen and oxygen atoms in total. The fourth-order valence-electron chi connectivity index (χ4n) is 1.47. The first-order chi connectivity index (χ1) is 7.70. The third kappa shape index (κ3) is 5.57. The summed E-state index contributed by atoms with van der Waals surface area (Å²) >= 11 is 1.94. The summed E-state index contributed by atoms with van der Waals surface area (Å²) in [6.07, 6.45) is 1.27. The van der Waals surface area contributed by atoms with Gasteiger partial charge in [-0.1, -0.05) is 32.0 Å². The zero-order chi connectivity index (χ0) is 11.8. The van der Waals surface area contributed by atoms with Crippen LogP contribution in [0.2, 0.25) is 0 Å². The summed E-state index contributed by atoms with van der Waals surface area (Å²) in [5.74, 6) is 1.96. The average Bonchev–Trinajstić information content (AvgIpc) is 2.25. The van der Waals surface area contributed by atoms with Gasteiger partial charge in [0.2, 0.25) is 0 Å². The Kier molecular flexibility index (Phi) is 6.58. The quantitative estimate of drug-likeness (QED) is 0.573. The van der Waals surface area contributed by atoms with Gasteiger partial charge < -0.3 is 5.32 Å². The molecule has 90 valence electrons.